The fourth-order valence-electron chi connectivity index (χ4n) is 1.53. The average molecular weight is 217 g/mol. The normalized spacial score (nSPS) is 12.3. The van der Waals surface area contributed by atoms with Gasteiger partial charge >= 0.3 is 5.76 Å². The van der Waals surface area contributed by atoms with Gasteiger partial charge in [0.25, 0.3) is 0 Å². The molecule has 1 N–H and O–H groups in total. The van der Waals surface area contributed by atoms with Gasteiger partial charge in [-0.3, -0.25) is 4.57 Å². The van der Waals surface area contributed by atoms with Crippen LogP contribution >= 0.6 is 0 Å². The van der Waals surface area contributed by atoms with Crippen molar-refractivity contribution in [2.45, 2.75) is 13.0 Å². The second-order valence-corrected chi connectivity index (χ2v) is 3.58. The van der Waals surface area contributed by atoms with Crippen LogP contribution in [0.4, 0.5) is 5.69 Å². The first kappa shape index (κ1) is 10.3. The van der Waals surface area contributed by atoms with Crippen molar-refractivity contribution in [2.24, 2.45) is 7.05 Å². The van der Waals surface area contributed by atoms with Gasteiger partial charge in [0.05, 0.1) is 17.3 Å². The van der Waals surface area contributed by atoms with E-state index in [0.717, 1.165) is 0 Å². The Labute approximate surface area is 91.9 Å². The van der Waals surface area contributed by atoms with Crippen LogP contribution in [0.15, 0.2) is 27.4 Å². The van der Waals surface area contributed by atoms with Crippen LogP contribution in [-0.2, 0) is 7.05 Å². The molecule has 2 aromatic rings. The molecule has 2 rings (SSSR count). The van der Waals surface area contributed by atoms with Crippen molar-refractivity contribution in [1.29, 1.82) is 5.26 Å². The molecule has 1 heterocycles. The number of aromatic nitrogens is 1. The lowest BCUT2D eigenvalue weighted by Crippen LogP contribution is -2.11. The van der Waals surface area contributed by atoms with E-state index in [1.54, 1.807) is 26.1 Å². The molecule has 1 aromatic heterocycles. The minimum absolute atomic E-state index is 0.337. The summed E-state index contributed by atoms with van der Waals surface area (Å²) in [7, 11) is 1.64. The summed E-state index contributed by atoms with van der Waals surface area (Å²) in [6.45, 7) is 1.74. The van der Waals surface area contributed by atoms with E-state index in [2.05, 4.69) is 11.4 Å². The minimum Gasteiger partial charge on any atom is -0.405 e. The summed E-state index contributed by atoms with van der Waals surface area (Å²) in [6.07, 6.45) is 0. The highest BCUT2D eigenvalue weighted by Crippen LogP contribution is 2.22. The van der Waals surface area contributed by atoms with Crippen LogP contribution in [0.25, 0.3) is 11.1 Å². The Balaban J connectivity index is 2.59. The number of nitriles is 1. The molecule has 0 bridgehead atoms. The second-order valence-electron chi connectivity index (χ2n) is 3.58. The molecule has 0 aliphatic rings. The number of fused-ring (bicyclic) bond motifs is 1. The summed E-state index contributed by atoms with van der Waals surface area (Å²) < 4.78 is 6.54. The number of benzene rings is 1. The number of oxazole rings is 1. The zero-order valence-electron chi connectivity index (χ0n) is 9.02. The maximum Gasteiger partial charge on any atom is 0.419 e. The predicted molar refractivity (Wildman–Crippen MR) is 60.2 cm³/mol. The van der Waals surface area contributed by atoms with Gasteiger partial charge in [-0.25, -0.2) is 4.79 Å². The van der Waals surface area contributed by atoms with Crippen LogP contribution in [0, 0.1) is 11.3 Å². The Morgan fingerprint density at radius 2 is 2.31 bits per heavy atom. The summed E-state index contributed by atoms with van der Waals surface area (Å²) in [5.74, 6) is -0.408. The zero-order chi connectivity index (χ0) is 11.7. The lowest BCUT2D eigenvalue weighted by molar-refractivity contribution is 0.528. The Kier molecular flexibility index (Phi) is 2.41. The van der Waals surface area contributed by atoms with E-state index < -0.39 is 5.76 Å². The van der Waals surface area contributed by atoms with Gasteiger partial charge < -0.3 is 9.73 Å². The number of nitrogens with one attached hydrogen (secondary N) is 1. The van der Waals surface area contributed by atoms with Crippen molar-refractivity contribution in [3.05, 3.63) is 28.7 Å². The fraction of sp³-hybridized carbons (Fsp3) is 0.273. The molecular formula is C11H11N3O2. The molecule has 0 aliphatic carbocycles. The van der Waals surface area contributed by atoms with E-state index in [1.165, 1.54) is 4.57 Å². The highest BCUT2D eigenvalue weighted by Gasteiger charge is 2.11. The first-order valence-electron chi connectivity index (χ1n) is 4.88. The molecule has 0 fully saturated rings. The highest BCUT2D eigenvalue weighted by molar-refractivity contribution is 5.86. The van der Waals surface area contributed by atoms with Crippen molar-refractivity contribution in [3.8, 4) is 6.07 Å². The largest absolute Gasteiger partial charge is 0.419 e. The lowest BCUT2D eigenvalue weighted by atomic mass is 10.2. The molecule has 0 aliphatic heterocycles. The number of hydrogen-bond donors (Lipinski definition) is 1. The minimum atomic E-state index is -0.408. The summed E-state index contributed by atoms with van der Waals surface area (Å²) in [6, 6.07) is 7.11. The molecule has 0 radical (unpaired) electrons. The molecule has 0 amide bonds. The van der Waals surface area contributed by atoms with Gasteiger partial charge in [-0.2, -0.15) is 5.26 Å². The third-order valence-corrected chi connectivity index (χ3v) is 2.38. The van der Waals surface area contributed by atoms with Crippen molar-refractivity contribution in [2.75, 3.05) is 5.32 Å². The highest BCUT2D eigenvalue weighted by atomic mass is 16.4. The molecule has 0 saturated heterocycles. The van der Waals surface area contributed by atoms with Gasteiger partial charge in [-0.15, -0.1) is 0 Å². The number of anilines is 1. The third-order valence-electron chi connectivity index (χ3n) is 2.38. The first-order chi connectivity index (χ1) is 7.63. The van der Waals surface area contributed by atoms with Gasteiger partial charge in [-0.05, 0) is 19.1 Å². The Morgan fingerprint density at radius 3 is 3.00 bits per heavy atom. The molecule has 1 unspecified atom stereocenters. The van der Waals surface area contributed by atoms with Crippen LogP contribution in [0.2, 0.25) is 0 Å². The van der Waals surface area contributed by atoms with E-state index >= 15 is 0 Å². The molecular weight excluding hydrogens is 206 g/mol. The number of hydrogen-bond acceptors (Lipinski definition) is 4. The molecule has 0 saturated carbocycles. The van der Waals surface area contributed by atoms with Crippen LogP contribution in [0.5, 0.6) is 0 Å². The van der Waals surface area contributed by atoms with Crippen molar-refractivity contribution in [1.82, 2.24) is 4.57 Å². The maximum atomic E-state index is 11.3. The molecule has 82 valence electrons. The molecule has 1 aromatic carbocycles. The van der Waals surface area contributed by atoms with Crippen LogP contribution < -0.4 is 11.1 Å². The van der Waals surface area contributed by atoms with E-state index in [1.807, 2.05) is 6.07 Å². The SMILES string of the molecule is CC(C#N)Nc1cccc2c1oc(=O)n2C. The monoisotopic (exact) mass is 217 g/mol. The molecule has 1 atom stereocenters. The summed E-state index contributed by atoms with van der Waals surface area (Å²) in [4.78, 5) is 11.3. The smallest absolute Gasteiger partial charge is 0.405 e. The number of para-hydroxylation sites is 1. The maximum absolute atomic E-state index is 11.3. The van der Waals surface area contributed by atoms with Gasteiger partial charge in [0.15, 0.2) is 5.58 Å². The lowest BCUT2D eigenvalue weighted by Gasteiger charge is -2.07. The van der Waals surface area contributed by atoms with Crippen molar-refractivity contribution >= 4 is 16.8 Å². The molecule has 16 heavy (non-hydrogen) atoms. The van der Waals surface area contributed by atoms with Gasteiger partial charge in [0.2, 0.25) is 0 Å². The predicted octanol–water partition coefficient (Wildman–Crippen LogP) is 1.46. The van der Waals surface area contributed by atoms with E-state index in [0.29, 0.717) is 16.8 Å². The molecule has 5 heteroatoms. The topological polar surface area (TPSA) is 71.0 Å². The number of nitrogens with zero attached hydrogens (tertiary/aromatic N) is 2. The Bertz CT molecular complexity index is 618. The van der Waals surface area contributed by atoms with E-state index in [9.17, 15) is 4.79 Å². The van der Waals surface area contributed by atoms with Crippen LogP contribution in [0.3, 0.4) is 0 Å². The van der Waals surface area contributed by atoms with Gasteiger partial charge in [0, 0.05) is 7.05 Å². The Hall–Kier alpha value is -2.22. The van der Waals surface area contributed by atoms with Crippen molar-refractivity contribution < 1.29 is 4.42 Å². The fourth-order valence-corrected chi connectivity index (χ4v) is 1.53. The standard InChI is InChI=1S/C11H11N3O2/c1-7(6-12)13-8-4-3-5-9-10(8)16-11(15)14(9)2/h3-5,7,13H,1-2H3. The van der Waals surface area contributed by atoms with E-state index in [-0.39, 0.29) is 6.04 Å². The summed E-state index contributed by atoms with van der Waals surface area (Å²) >= 11 is 0. The van der Waals surface area contributed by atoms with Crippen LogP contribution in [-0.4, -0.2) is 10.6 Å². The summed E-state index contributed by atoms with van der Waals surface area (Å²) in [5.41, 5.74) is 1.85. The second kappa shape index (κ2) is 3.74. The molecule has 5 nitrogen and oxygen atoms in total. The third kappa shape index (κ3) is 1.54. The van der Waals surface area contributed by atoms with Gasteiger partial charge in [-0.1, -0.05) is 6.07 Å². The van der Waals surface area contributed by atoms with Gasteiger partial charge in [0.1, 0.15) is 6.04 Å². The average Bonchev–Trinajstić information content (AvgIpc) is 2.57. The first-order valence-corrected chi connectivity index (χ1v) is 4.88. The number of aryl methyl sites for hydroxylation is 1. The van der Waals surface area contributed by atoms with E-state index in [4.69, 9.17) is 9.68 Å². The number of rotatable bonds is 2. The zero-order valence-corrected chi connectivity index (χ0v) is 9.02. The Morgan fingerprint density at radius 1 is 1.56 bits per heavy atom. The quantitative estimate of drug-likeness (QED) is 0.826. The van der Waals surface area contributed by atoms with Crippen molar-refractivity contribution in [3.63, 3.8) is 0 Å². The summed E-state index contributed by atoms with van der Waals surface area (Å²) in [5, 5.41) is 11.7. The van der Waals surface area contributed by atoms with Crippen LogP contribution in [0.1, 0.15) is 6.92 Å². The molecule has 0 spiro atoms.